The lowest BCUT2D eigenvalue weighted by atomic mass is 10.1. The van der Waals surface area contributed by atoms with Gasteiger partial charge in [0.25, 0.3) is 0 Å². The van der Waals surface area contributed by atoms with Gasteiger partial charge in [0.15, 0.2) is 0 Å². The molecule has 0 bridgehead atoms. The fourth-order valence-electron chi connectivity index (χ4n) is 1.80. The second kappa shape index (κ2) is 5.85. The molecule has 0 amide bonds. The zero-order valence-electron chi connectivity index (χ0n) is 11.0. The van der Waals surface area contributed by atoms with Gasteiger partial charge in [-0.1, -0.05) is 11.6 Å². The van der Waals surface area contributed by atoms with Crippen molar-refractivity contribution in [3.8, 4) is 5.75 Å². The monoisotopic (exact) mass is 276 g/mol. The molecule has 0 aliphatic rings. The van der Waals surface area contributed by atoms with Crippen LogP contribution in [0, 0.1) is 6.92 Å². The summed E-state index contributed by atoms with van der Waals surface area (Å²) >= 11 is 6.03. The average Bonchev–Trinajstić information content (AvgIpc) is 2.38. The van der Waals surface area contributed by atoms with Crippen molar-refractivity contribution in [3.63, 3.8) is 0 Å². The minimum Gasteiger partial charge on any atom is -0.494 e. The maximum Gasteiger partial charge on any atom is 0.119 e. The summed E-state index contributed by atoms with van der Waals surface area (Å²) in [6.45, 7) is 4.62. The number of hydrogen-bond acceptors (Lipinski definition) is 3. The van der Waals surface area contributed by atoms with E-state index < -0.39 is 0 Å². The number of anilines is 3. The summed E-state index contributed by atoms with van der Waals surface area (Å²) in [6.07, 6.45) is 0. The third kappa shape index (κ3) is 3.32. The second-order valence-electron chi connectivity index (χ2n) is 4.27. The number of hydrogen-bond donors (Lipinski definition) is 2. The normalized spacial score (nSPS) is 10.3. The highest BCUT2D eigenvalue weighted by Crippen LogP contribution is 2.29. The smallest absolute Gasteiger partial charge is 0.119 e. The topological polar surface area (TPSA) is 47.3 Å². The van der Waals surface area contributed by atoms with Crippen molar-refractivity contribution in [2.24, 2.45) is 0 Å². The molecule has 0 saturated carbocycles. The molecule has 0 fully saturated rings. The third-order valence-corrected chi connectivity index (χ3v) is 3.12. The minimum atomic E-state index is 0.555. The molecule has 0 aliphatic carbocycles. The van der Waals surface area contributed by atoms with E-state index in [4.69, 9.17) is 22.1 Å². The zero-order valence-corrected chi connectivity index (χ0v) is 11.8. The van der Waals surface area contributed by atoms with Crippen LogP contribution in [0.3, 0.4) is 0 Å². The number of rotatable bonds is 4. The van der Waals surface area contributed by atoms with Gasteiger partial charge in [0.1, 0.15) is 5.75 Å². The average molecular weight is 277 g/mol. The van der Waals surface area contributed by atoms with E-state index in [9.17, 15) is 0 Å². The van der Waals surface area contributed by atoms with Crippen molar-refractivity contribution in [1.29, 1.82) is 0 Å². The van der Waals surface area contributed by atoms with Gasteiger partial charge < -0.3 is 15.8 Å². The molecule has 19 heavy (non-hydrogen) atoms. The van der Waals surface area contributed by atoms with Crippen molar-refractivity contribution >= 4 is 28.7 Å². The van der Waals surface area contributed by atoms with Crippen molar-refractivity contribution in [3.05, 3.63) is 47.0 Å². The summed E-state index contributed by atoms with van der Waals surface area (Å²) in [5.41, 5.74) is 9.33. The Balaban J connectivity index is 2.19. The Hall–Kier alpha value is -1.87. The molecule has 2 aromatic rings. The molecular weight excluding hydrogens is 260 g/mol. The van der Waals surface area contributed by atoms with Gasteiger partial charge in [-0.15, -0.1) is 0 Å². The van der Waals surface area contributed by atoms with Crippen LogP contribution in [0.2, 0.25) is 5.02 Å². The van der Waals surface area contributed by atoms with E-state index in [-0.39, 0.29) is 0 Å². The van der Waals surface area contributed by atoms with Crippen LogP contribution in [-0.2, 0) is 0 Å². The summed E-state index contributed by atoms with van der Waals surface area (Å²) in [4.78, 5) is 0. The van der Waals surface area contributed by atoms with Gasteiger partial charge in [-0.2, -0.15) is 0 Å². The van der Waals surface area contributed by atoms with E-state index in [2.05, 4.69) is 5.32 Å². The fourth-order valence-corrected chi connectivity index (χ4v) is 1.96. The molecule has 4 heteroatoms. The van der Waals surface area contributed by atoms with E-state index in [0.29, 0.717) is 17.3 Å². The molecule has 0 saturated heterocycles. The molecule has 2 aromatic carbocycles. The molecule has 0 heterocycles. The van der Waals surface area contributed by atoms with Gasteiger partial charge in [0.2, 0.25) is 0 Å². The van der Waals surface area contributed by atoms with Crippen LogP contribution in [0.25, 0.3) is 0 Å². The first-order valence-electron chi connectivity index (χ1n) is 6.15. The van der Waals surface area contributed by atoms with E-state index in [1.165, 1.54) is 0 Å². The Labute approximate surface area is 118 Å². The number of aryl methyl sites for hydroxylation is 1. The van der Waals surface area contributed by atoms with Crippen molar-refractivity contribution in [2.75, 3.05) is 17.7 Å². The first-order chi connectivity index (χ1) is 9.10. The number of benzene rings is 2. The predicted molar refractivity (Wildman–Crippen MR) is 81.5 cm³/mol. The molecule has 0 aromatic heterocycles. The summed E-state index contributed by atoms with van der Waals surface area (Å²) in [5.74, 6) is 0.861. The fraction of sp³-hybridized carbons (Fsp3) is 0.200. The number of nitrogen functional groups attached to an aromatic ring is 1. The molecular formula is C15H17ClN2O. The Kier molecular flexibility index (Phi) is 4.17. The van der Waals surface area contributed by atoms with Gasteiger partial charge in [0, 0.05) is 11.4 Å². The lowest BCUT2D eigenvalue weighted by Crippen LogP contribution is -1.96. The molecule has 0 atom stereocenters. The number of nitrogens with one attached hydrogen (secondary N) is 1. The third-order valence-electron chi connectivity index (χ3n) is 2.79. The number of nitrogens with two attached hydrogens (primary N) is 1. The van der Waals surface area contributed by atoms with Crippen LogP contribution in [-0.4, -0.2) is 6.61 Å². The van der Waals surface area contributed by atoms with Crippen LogP contribution in [0.5, 0.6) is 5.75 Å². The lowest BCUT2D eigenvalue weighted by Gasteiger charge is -2.12. The van der Waals surface area contributed by atoms with Crippen LogP contribution >= 0.6 is 11.6 Å². The van der Waals surface area contributed by atoms with Crippen LogP contribution in [0.1, 0.15) is 12.5 Å². The van der Waals surface area contributed by atoms with Crippen molar-refractivity contribution < 1.29 is 4.74 Å². The molecule has 0 spiro atoms. The largest absolute Gasteiger partial charge is 0.494 e. The second-order valence-corrected chi connectivity index (χ2v) is 4.68. The Morgan fingerprint density at radius 1 is 1.21 bits per heavy atom. The SMILES string of the molecule is CCOc1ccc(Nc2cc(Cl)c(N)cc2C)cc1. The standard InChI is InChI=1S/C15H17ClN2O/c1-3-19-12-6-4-11(5-7-12)18-15-9-13(16)14(17)8-10(15)2/h4-9,18H,3,17H2,1-2H3. The molecule has 0 aliphatic heterocycles. The lowest BCUT2D eigenvalue weighted by molar-refractivity contribution is 0.340. The minimum absolute atomic E-state index is 0.555. The molecule has 0 unspecified atom stereocenters. The summed E-state index contributed by atoms with van der Waals surface area (Å²) in [6, 6.07) is 11.5. The van der Waals surface area contributed by atoms with E-state index >= 15 is 0 Å². The molecule has 100 valence electrons. The molecule has 3 N–H and O–H groups in total. The predicted octanol–water partition coefficient (Wildman–Crippen LogP) is 4.37. The maximum atomic E-state index is 6.03. The van der Waals surface area contributed by atoms with Crippen molar-refractivity contribution in [2.45, 2.75) is 13.8 Å². The quantitative estimate of drug-likeness (QED) is 0.815. The van der Waals surface area contributed by atoms with E-state index in [0.717, 1.165) is 22.7 Å². The van der Waals surface area contributed by atoms with Crippen LogP contribution < -0.4 is 15.8 Å². The van der Waals surface area contributed by atoms with Crippen LogP contribution in [0.15, 0.2) is 36.4 Å². The Morgan fingerprint density at radius 3 is 2.53 bits per heavy atom. The van der Waals surface area contributed by atoms with E-state index in [1.54, 1.807) is 0 Å². The number of halogens is 1. The maximum absolute atomic E-state index is 6.03. The summed E-state index contributed by atoms with van der Waals surface area (Å²) < 4.78 is 5.40. The highest BCUT2D eigenvalue weighted by molar-refractivity contribution is 6.33. The Morgan fingerprint density at radius 2 is 1.89 bits per heavy atom. The van der Waals surface area contributed by atoms with Crippen molar-refractivity contribution in [1.82, 2.24) is 0 Å². The molecule has 2 rings (SSSR count). The summed E-state index contributed by atoms with van der Waals surface area (Å²) in [7, 11) is 0. The first kappa shape index (κ1) is 13.6. The highest BCUT2D eigenvalue weighted by atomic mass is 35.5. The van der Waals surface area contributed by atoms with Gasteiger partial charge in [-0.3, -0.25) is 0 Å². The number of ether oxygens (including phenoxy) is 1. The highest BCUT2D eigenvalue weighted by Gasteiger charge is 2.04. The van der Waals surface area contributed by atoms with Gasteiger partial charge in [-0.05, 0) is 55.8 Å². The van der Waals surface area contributed by atoms with Gasteiger partial charge >= 0.3 is 0 Å². The van der Waals surface area contributed by atoms with E-state index in [1.807, 2.05) is 50.2 Å². The zero-order chi connectivity index (χ0) is 13.8. The first-order valence-corrected chi connectivity index (χ1v) is 6.53. The van der Waals surface area contributed by atoms with Gasteiger partial charge in [0.05, 0.1) is 17.3 Å². The van der Waals surface area contributed by atoms with Crippen LogP contribution in [0.4, 0.5) is 17.1 Å². The summed E-state index contributed by atoms with van der Waals surface area (Å²) in [5, 5.41) is 3.87. The Bertz CT molecular complexity index is 567. The van der Waals surface area contributed by atoms with Gasteiger partial charge in [-0.25, -0.2) is 0 Å². The molecule has 3 nitrogen and oxygen atoms in total. The molecule has 0 radical (unpaired) electrons.